The second kappa shape index (κ2) is 5.05. The van der Waals surface area contributed by atoms with Crippen LogP contribution in [0.15, 0.2) is 40.6 Å². The molecule has 0 spiro atoms. The molecule has 0 aliphatic carbocycles. The van der Waals surface area contributed by atoms with Gasteiger partial charge in [0.15, 0.2) is 5.16 Å². The number of nitrogens with zero attached hydrogens (tertiary/aromatic N) is 2. The first-order valence-corrected chi connectivity index (χ1v) is 6.04. The van der Waals surface area contributed by atoms with Crippen LogP contribution in [-0.2, 0) is 0 Å². The zero-order chi connectivity index (χ0) is 13.1. The van der Waals surface area contributed by atoms with Crippen molar-refractivity contribution in [1.82, 2.24) is 9.97 Å². The van der Waals surface area contributed by atoms with Crippen LogP contribution in [-0.4, -0.2) is 15.9 Å². The standard InChI is InChI=1S/C12H12N4OS/c1-7-5-15-12(16-6-7)18-10-8(11(14)17)3-2-4-9(10)13/h2-6H,13H2,1H3,(H2,14,17). The van der Waals surface area contributed by atoms with Gasteiger partial charge in [0.25, 0.3) is 0 Å². The van der Waals surface area contributed by atoms with E-state index in [2.05, 4.69) is 9.97 Å². The van der Waals surface area contributed by atoms with Crippen molar-refractivity contribution in [3.05, 3.63) is 41.7 Å². The molecule has 0 aliphatic rings. The molecule has 1 aromatic heterocycles. The van der Waals surface area contributed by atoms with Crippen LogP contribution < -0.4 is 11.5 Å². The van der Waals surface area contributed by atoms with E-state index in [9.17, 15) is 4.79 Å². The van der Waals surface area contributed by atoms with Crippen LogP contribution in [0.1, 0.15) is 15.9 Å². The predicted octanol–water partition coefficient (Wildman–Crippen LogP) is 1.62. The summed E-state index contributed by atoms with van der Waals surface area (Å²) in [4.78, 5) is 20.2. The molecule has 92 valence electrons. The number of aryl methyl sites for hydroxylation is 1. The summed E-state index contributed by atoms with van der Waals surface area (Å²) in [6.45, 7) is 1.90. The van der Waals surface area contributed by atoms with E-state index in [1.807, 2.05) is 6.92 Å². The molecule has 0 fully saturated rings. The lowest BCUT2D eigenvalue weighted by Crippen LogP contribution is -2.13. The van der Waals surface area contributed by atoms with Gasteiger partial charge in [-0.05, 0) is 36.4 Å². The Balaban J connectivity index is 2.39. The average molecular weight is 260 g/mol. The maximum absolute atomic E-state index is 11.3. The molecule has 2 rings (SSSR count). The number of aromatic nitrogens is 2. The Morgan fingerprint density at radius 2 is 1.94 bits per heavy atom. The zero-order valence-corrected chi connectivity index (χ0v) is 10.6. The lowest BCUT2D eigenvalue weighted by atomic mass is 10.2. The molecule has 5 nitrogen and oxygen atoms in total. The monoisotopic (exact) mass is 260 g/mol. The minimum absolute atomic E-state index is 0.379. The highest BCUT2D eigenvalue weighted by atomic mass is 32.2. The predicted molar refractivity (Wildman–Crippen MR) is 70.3 cm³/mol. The Kier molecular flexibility index (Phi) is 3.47. The molecule has 18 heavy (non-hydrogen) atoms. The Labute approximate surface area is 109 Å². The number of nitrogen functional groups attached to an aromatic ring is 1. The molecule has 0 atom stereocenters. The maximum Gasteiger partial charge on any atom is 0.249 e. The lowest BCUT2D eigenvalue weighted by Gasteiger charge is -2.08. The second-order valence-corrected chi connectivity index (χ2v) is 4.71. The fraction of sp³-hybridized carbons (Fsp3) is 0.0833. The van der Waals surface area contributed by atoms with Crippen molar-refractivity contribution in [2.75, 3.05) is 5.73 Å². The first-order valence-electron chi connectivity index (χ1n) is 5.22. The van der Waals surface area contributed by atoms with Crippen LogP contribution in [0.25, 0.3) is 0 Å². The van der Waals surface area contributed by atoms with Gasteiger partial charge in [-0.3, -0.25) is 4.79 Å². The van der Waals surface area contributed by atoms with Crippen LogP contribution in [0.5, 0.6) is 0 Å². The Morgan fingerprint density at radius 1 is 1.28 bits per heavy atom. The topological polar surface area (TPSA) is 94.9 Å². The quantitative estimate of drug-likeness (QED) is 0.646. The van der Waals surface area contributed by atoms with E-state index in [1.165, 1.54) is 11.8 Å². The minimum Gasteiger partial charge on any atom is -0.398 e. The molecular weight excluding hydrogens is 248 g/mol. The Morgan fingerprint density at radius 3 is 2.56 bits per heavy atom. The van der Waals surface area contributed by atoms with E-state index < -0.39 is 5.91 Å². The van der Waals surface area contributed by atoms with Crippen LogP contribution in [0.3, 0.4) is 0 Å². The van der Waals surface area contributed by atoms with Gasteiger partial charge in [-0.2, -0.15) is 0 Å². The molecule has 0 saturated heterocycles. The summed E-state index contributed by atoms with van der Waals surface area (Å²) in [7, 11) is 0. The average Bonchev–Trinajstić information content (AvgIpc) is 2.34. The van der Waals surface area contributed by atoms with E-state index in [0.717, 1.165) is 5.56 Å². The molecule has 1 aromatic carbocycles. The number of amides is 1. The molecule has 0 bridgehead atoms. The number of benzene rings is 1. The molecule has 4 N–H and O–H groups in total. The number of primary amides is 1. The van der Waals surface area contributed by atoms with Gasteiger partial charge in [-0.25, -0.2) is 9.97 Å². The molecule has 1 heterocycles. The molecule has 2 aromatic rings. The largest absolute Gasteiger partial charge is 0.398 e. The normalized spacial score (nSPS) is 10.3. The van der Waals surface area contributed by atoms with Crippen molar-refractivity contribution >= 4 is 23.4 Å². The van der Waals surface area contributed by atoms with Crippen molar-refractivity contribution in [3.8, 4) is 0 Å². The summed E-state index contributed by atoms with van der Waals surface area (Å²) in [5, 5.41) is 0.529. The molecule has 1 amide bonds. The number of rotatable bonds is 3. The number of hydrogen-bond donors (Lipinski definition) is 2. The van der Waals surface area contributed by atoms with Gasteiger partial charge in [0, 0.05) is 18.1 Å². The highest BCUT2D eigenvalue weighted by Gasteiger charge is 2.13. The van der Waals surface area contributed by atoms with Gasteiger partial charge >= 0.3 is 0 Å². The molecule has 6 heteroatoms. The van der Waals surface area contributed by atoms with E-state index in [-0.39, 0.29) is 0 Å². The third-order valence-corrected chi connectivity index (χ3v) is 3.31. The van der Waals surface area contributed by atoms with Crippen molar-refractivity contribution in [3.63, 3.8) is 0 Å². The van der Waals surface area contributed by atoms with E-state index in [0.29, 0.717) is 21.3 Å². The SMILES string of the molecule is Cc1cnc(Sc2c(N)cccc2C(N)=O)nc1. The summed E-state index contributed by atoms with van der Waals surface area (Å²) in [6.07, 6.45) is 3.41. The van der Waals surface area contributed by atoms with Gasteiger partial charge in [-0.15, -0.1) is 0 Å². The van der Waals surface area contributed by atoms with Gasteiger partial charge in [-0.1, -0.05) is 6.07 Å². The molecule has 0 radical (unpaired) electrons. The lowest BCUT2D eigenvalue weighted by molar-refractivity contribution is 0.0997. The van der Waals surface area contributed by atoms with Crippen LogP contribution in [0, 0.1) is 6.92 Å². The first-order chi connectivity index (χ1) is 8.58. The summed E-state index contributed by atoms with van der Waals surface area (Å²) in [5.74, 6) is -0.517. The van der Waals surface area contributed by atoms with Crippen LogP contribution in [0.4, 0.5) is 5.69 Å². The highest BCUT2D eigenvalue weighted by Crippen LogP contribution is 2.32. The van der Waals surface area contributed by atoms with Crippen molar-refractivity contribution in [2.45, 2.75) is 17.0 Å². The van der Waals surface area contributed by atoms with E-state index in [4.69, 9.17) is 11.5 Å². The molecule has 0 unspecified atom stereocenters. The first kappa shape index (κ1) is 12.4. The van der Waals surface area contributed by atoms with Crippen molar-refractivity contribution in [2.24, 2.45) is 5.73 Å². The van der Waals surface area contributed by atoms with Gasteiger partial charge in [0.2, 0.25) is 5.91 Å². The number of nitrogens with two attached hydrogens (primary N) is 2. The molecule has 0 aliphatic heterocycles. The Bertz CT molecular complexity index is 583. The zero-order valence-electron chi connectivity index (χ0n) is 9.75. The van der Waals surface area contributed by atoms with E-state index >= 15 is 0 Å². The summed E-state index contributed by atoms with van der Waals surface area (Å²) < 4.78 is 0. The number of anilines is 1. The highest BCUT2D eigenvalue weighted by molar-refractivity contribution is 7.99. The number of carbonyl (C=O) groups is 1. The molecule has 0 saturated carbocycles. The fourth-order valence-electron chi connectivity index (χ4n) is 1.39. The fourth-order valence-corrected chi connectivity index (χ4v) is 2.25. The smallest absolute Gasteiger partial charge is 0.249 e. The van der Waals surface area contributed by atoms with Gasteiger partial charge in [0.05, 0.1) is 10.5 Å². The van der Waals surface area contributed by atoms with Gasteiger partial charge < -0.3 is 11.5 Å². The summed E-state index contributed by atoms with van der Waals surface area (Å²) in [5.41, 5.74) is 13.0. The summed E-state index contributed by atoms with van der Waals surface area (Å²) >= 11 is 1.23. The van der Waals surface area contributed by atoms with E-state index in [1.54, 1.807) is 30.6 Å². The third kappa shape index (κ3) is 2.60. The minimum atomic E-state index is -0.517. The van der Waals surface area contributed by atoms with Crippen LogP contribution >= 0.6 is 11.8 Å². The maximum atomic E-state index is 11.3. The number of carbonyl (C=O) groups excluding carboxylic acids is 1. The third-order valence-electron chi connectivity index (χ3n) is 2.26. The van der Waals surface area contributed by atoms with Crippen LogP contribution in [0.2, 0.25) is 0 Å². The Hall–Kier alpha value is -2.08. The van der Waals surface area contributed by atoms with Gasteiger partial charge in [0.1, 0.15) is 0 Å². The van der Waals surface area contributed by atoms with Crippen molar-refractivity contribution < 1.29 is 4.79 Å². The molecular formula is C12H12N4OS. The van der Waals surface area contributed by atoms with Crippen molar-refractivity contribution in [1.29, 1.82) is 0 Å². The second-order valence-electron chi connectivity index (χ2n) is 3.73. The number of hydrogen-bond acceptors (Lipinski definition) is 5. The summed E-state index contributed by atoms with van der Waals surface area (Å²) in [6, 6.07) is 5.04.